The zero-order valence-corrected chi connectivity index (χ0v) is 60.0. The molecular formula is C79H135NO18. The molecule has 3 rings (SSSR count). The minimum atomic E-state index is -1.98. The van der Waals surface area contributed by atoms with Crippen LogP contribution in [-0.2, 0) is 33.2 Å². The average molecular weight is 1390 g/mol. The van der Waals surface area contributed by atoms with Gasteiger partial charge < -0.3 is 89.9 Å². The van der Waals surface area contributed by atoms with Gasteiger partial charge in [-0.15, -0.1) is 0 Å². The number of ether oxygens (including phenoxy) is 6. The fourth-order valence-corrected chi connectivity index (χ4v) is 12.2. The van der Waals surface area contributed by atoms with E-state index in [0.717, 1.165) is 116 Å². The highest BCUT2D eigenvalue weighted by Gasteiger charge is 2.53. The van der Waals surface area contributed by atoms with Gasteiger partial charge in [0.1, 0.15) is 73.2 Å². The maximum Gasteiger partial charge on any atom is 0.220 e. The van der Waals surface area contributed by atoms with Crippen molar-refractivity contribution >= 4 is 5.91 Å². The molecule has 19 nitrogen and oxygen atoms in total. The van der Waals surface area contributed by atoms with Crippen molar-refractivity contribution in [3.63, 3.8) is 0 Å². The molecule has 19 heteroatoms. The predicted octanol–water partition coefficient (Wildman–Crippen LogP) is 11.8. The molecule has 17 unspecified atom stereocenters. The monoisotopic (exact) mass is 1390 g/mol. The van der Waals surface area contributed by atoms with Gasteiger partial charge in [0.2, 0.25) is 5.91 Å². The first-order chi connectivity index (χ1) is 47.8. The Morgan fingerprint density at radius 2 is 0.704 bits per heavy atom. The SMILES string of the molecule is CC/C=C\C/C=C\C/C=C\C/C=C\C/C=C\C/C=C\C/C=C\C/C=C\C/C=C\CCCCCCCCCCCC(=O)NC(COC1OC(CO)C(OC2OC(CO)C(OC3OC(CO)C(O)C(O)C3O)C(O)C2O)C(O)C1O)C(O)CCCCCCCCCCCCCCCCCC. The number of unbranched alkanes of at least 4 members (excludes halogenated alkanes) is 24. The van der Waals surface area contributed by atoms with Crippen molar-refractivity contribution in [2.24, 2.45) is 0 Å². The molecule has 1 amide bonds. The molecule has 0 aromatic rings. The summed E-state index contributed by atoms with van der Waals surface area (Å²) in [5.41, 5.74) is 0. The maximum atomic E-state index is 13.5. The largest absolute Gasteiger partial charge is 0.394 e. The van der Waals surface area contributed by atoms with E-state index in [4.69, 9.17) is 28.4 Å². The molecule has 17 atom stereocenters. The van der Waals surface area contributed by atoms with Crippen molar-refractivity contribution in [1.29, 1.82) is 0 Å². The number of rotatable bonds is 58. The molecule has 0 aliphatic carbocycles. The summed E-state index contributed by atoms with van der Waals surface area (Å²) in [5, 5.41) is 121. The Bertz CT molecular complexity index is 2200. The van der Waals surface area contributed by atoms with E-state index in [0.29, 0.717) is 12.8 Å². The van der Waals surface area contributed by atoms with Crippen LogP contribution in [0.4, 0.5) is 0 Å². The first-order valence-electron chi connectivity index (χ1n) is 38.1. The zero-order chi connectivity index (χ0) is 71.1. The number of allylic oxidation sites excluding steroid dienone is 18. The fourth-order valence-electron chi connectivity index (χ4n) is 12.2. The standard InChI is InChI=1S/C79H135NO18/c1-3-5-7-9-11-13-15-17-19-21-22-23-24-25-26-27-28-29-30-31-32-33-34-35-36-37-38-39-40-41-43-45-47-49-51-53-55-57-67(85)80-62(63(84)56-54-52-50-48-46-44-42-20-18-16-14-12-10-8-6-4-2)61-93-77-73(91)70(88)75(65(59-82)95-77)98-79-74(92)71(89)76(66(60-83)96-79)97-78-72(90)69(87)68(86)64(58-81)94-78/h5,7,11,13,17,19,22-23,25-26,28-29,31-32,34-35,37-38,62-66,68-79,81-84,86-92H,3-4,6,8-10,12,14-16,18,20-21,24,27,30,33,36,39-61H2,1-2H3,(H,80,85)/b7-5-,13-11-,19-17-,23-22-,26-25-,29-28-,32-31-,35-34-,38-37-. The lowest BCUT2D eigenvalue weighted by molar-refractivity contribution is -0.379. The van der Waals surface area contributed by atoms with E-state index in [1.165, 1.54) is 103 Å². The van der Waals surface area contributed by atoms with E-state index in [1.807, 2.05) is 0 Å². The van der Waals surface area contributed by atoms with E-state index < -0.39 is 124 Å². The highest BCUT2D eigenvalue weighted by molar-refractivity contribution is 5.76. The molecule has 0 bridgehead atoms. The molecule has 0 radical (unpaired) electrons. The third-order valence-corrected chi connectivity index (χ3v) is 18.4. The van der Waals surface area contributed by atoms with E-state index in [9.17, 15) is 61.0 Å². The molecule has 0 saturated carbocycles. The van der Waals surface area contributed by atoms with Gasteiger partial charge in [0.05, 0.1) is 38.6 Å². The Labute approximate surface area is 589 Å². The van der Waals surface area contributed by atoms with Gasteiger partial charge in [0, 0.05) is 6.42 Å². The summed E-state index contributed by atoms with van der Waals surface area (Å²) in [6.07, 6.45) is 53.1. The number of nitrogens with one attached hydrogen (secondary N) is 1. The third kappa shape index (κ3) is 39.2. The molecular weight excluding hydrogens is 1250 g/mol. The molecule has 3 aliphatic heterocycles. The van der Waals surface area contributed by atoms with Crippen LogP contribution in [0.15, 0.2) is 109 Å². The topological polar surface area (TPSA) is 307 Å². The van der Waals surface area contributed by atoms with Crippen LogP contribution in [0.2, 0.25) is 0 Å². The third-order valence-electron chi connectivity index (χ3n) is 18.4. The molecule has 98 heavy (non-hydrogen) atoms. The van der Waals surface area contributed by atoms with Crippen LogP contribution in [0.3, 0.4) is 0 Å². The van der Waals surface area contributed by atoms with Gasteiger partial charge in [-0.1, -0.05) is 271 Å². The van der Waals surface area contributed by atoms with E-state index in [1.54, 1.807) is 0 Å². The Balaban J connectivity index is 1.35. The highest BCUT2D eigenvalue weighted by Crippen LogP contribution is 2.33. The Morgan fingerprint density at radius 1 is 0.378 bits per heavy atom. The smallest absolute Gasteiger partial charge is 0.220 e. The second-order valence-electron chi connectivity index (χ2n) is 26.7. The van der Waals surface area contributed by atoms with Crippen molar-refractivity contribution in [3.8, 4) is 0 Å². The summed E-state index contributed by atoms with van der Waals surface area (Å²) >= 11 is 0. The van der Waals surface area contributed by atoms with Gasteiger partial charge in [0.25, 0.3) is 0 Å². The van der Waals surface area contributed by atoms with Crippen LogP contribution < -0.4 is 5.32 Å². The second-order valence-corrected chi connectivity index (χ2v) is 26.7. The minimum absolute atomic E-state index is 0.252. The lowest BCUT2D eigenvalue weighted by Gasteiger charge is -2.48. The summed E-state index contributed by atoms with van der Waals surface area (Å²) in [6.45, 7) is 1.68. The highest BCUT2D eigenvalue weighted by atomic mass is 16.8. The first kappa shape index (κ1) is 88.7. The zero-order valence-electron chi connectivity index (χ0n) is 60.0. The van der Waals surface area contributed by atoms with Crippen LogP contribution in [-0.4, -0.2) is 193 Å². The summed E-state index contributed by atoms with van der Waals surface area (Å²) in [6, 6.07) is -0.898. The minimum Gasteiger partial charge on any atom is -0.394 e. The van der Waals surface area contributed by atoms with Gasteiger partial charge in [-0.25, -0.2) is 0 Å². The molecule has 0 spiro atoms. The van der Waals surface area contributed by atoms with Crippen LogP contribution in [0, 0.1) is 0 Å². The predicted molar refractivity (Wildman–Crippen MR) is 387 cm³/mol. The number of carbonyl (C=O) groups is 1. The molecule has 0 aromatic carbocycles. The quantitative estimate of drug-likeness (QED) is 0.0199. The van der Waals surface area contributed by atoms with E-state index >= 15 is 0 Å². The lowest BCUT2D eigenvalue weighted by Crippen LogP contribution is -2.66. The average Bonchev–Trinajstić information content (AvgIpc) is 0.784. The Kier molecular flexibility index (Phi) is 53.3. The van der Waals surface area contributed by atoms with Crippen LogP contribution in [0.5, 0.6) is 0 Å². The fraction of sp³-hybridized carbons (Fsp3) is 0.759. The Morgan fingerprint density at radius 3 is 1.10 bits per heavy atom. The van der Waals surface area contributed by atoms with Crippen molar-refractivity contribution in [1.82, 2.24) is 5.32 Å². The van der Waals surface area contributed by atoms with Crippen molar-refractivity contribution in [2.45, 2.75) is 356 Å². The molecule has 3 aliphatic rings. The molecule has 564 valence electrons. The summed E-state index contributed by atoms with van der Waals surface area (Å²) in [7, 11) is 0. The van der Waals surface area contributed by atoms with Crippen molar-refractivity contribution < 1.29 is 89.4 Å². The van der Waals surface area contributed by atoms with Crippen LogP contribution in [0.1, 0.15) is 251 Å². The normalized spacial score (nSPS) is 27.4. The number of aliphatic hydroxyl groups excluding tert-OH is 11. The number of hydrogen-bond acceptors (Lipinski definition) is 18. The maximum absolute atomic E-state index is 13.5. The summed E-state index contributed by atoms with van der Waals surface area (Å²) < 4.78 is 34.4. The molecule has 0 aromatic heterocycles. The second kappa shape index (κ2) is 58.9. The summed E-state index contributed by atoms with van der Waals surface area (Å²) in [5.74, 6) is -0.252. The summed E-state index contributed by atoms with van der Waals surface area (Å²) in [4.78, 5) is 13.5. The number of carbonyl (C=O) groups excluding carboxylic acids is 1. The van der Waals surface area contributed by atoms with Gasteiger partial charge in [-0.05, 0) is 83.5 Å². The van der Waals surface area contributed by atoms with Gasteiger partial charge in [0.15, 0.2) is 18.9 Å². The van der Waals surface area contributed by atoms with Gasteiger partial charge >= 0.3 is 0 Å². The van der Waals surface area contributed by atoms with Crippen molar-refractivity contribution in [2.75, 3.05) is 26.4 Å². The van der Waals surface area contributed by atoms with E-state index in [2.05, 4.69) is 129 Å². The van der Waals surface area contributed by atoms with Gasteiger partial charge in [-0.3, -0.25) is 4.79 Å². The first-order valence-corrected chi connectivity index (χ1v) is 38.1. The Hall–Kier alpha value is -3.55. The van der Waals surface area contributed by atoms with Crippen LogP contribution >= 0.6 is 0 Å². The molecule has 3 saturated heterocycles. The van der Waals surface area contributed by atoms with Crippen molar-refractivity contribution in [3.05, 3.63) is 109 Å². The lowest BCUT2D eigenvalue weighted by atomic mass is 9.96. The number of aliphatic hydroxyl groups is 11. The van der Waals surface area contributed by atoms with Crippen LogP contribution in [0.25, 0.3) is 0 Å². The molecule has 12 N–H and O–H groups in total. The number of amides is 1. The van der Waals surface area contributed by atoms with E-state index in [-0.39, 0.29) is 18.9 Å². The number of hydrogen-bond donors (Lipinski definition) is 12. The molecule has 3 fully saturated rings. The van der Waals surface area contributed by atoms with Gasteiger partial charge in [-0.2, -0.15) is 0 Å². The molecule has 3 heterocycles.